The van der Waals surface area contributed by atoms with Gasteiger partial charge >= 0.3 is 5.97 Å². The van der Waals surface area contributed by atoms with E-state index < -0.39 is 17.1 Å². The van der Waals surface area contributed by atoms with Crippen molar-refractivity contribution in [2.24, 2.45) is 0 Å². The fourth-order valence-electron chi connectivity index (χ4n) is 3.34. The topological polar surface area (TPSA) is 113 Å². The number of nitrogens with one attached hydrogen (secondary N) is 1. The van der Waals surface area contributed by atoms with Crippen LogP contribution in [0.5, 0.6) is 5.75 Å². The molecule has 0 radical (unpaired) electrons. The average Bonchev–Trinajstić information content (AvgIpc) is 3.08. The highest BCUT2D eigenvalue weighted by Crippen LogP contribution is 2.35. The molecule has 178 valence electrons. The van der Waals surface area contributed by atoms with Crippen molar-refractivity contribution in [2.45, 2.75) is 42.8 Å². The Morgan fingerprint density at radius 3 is 2.62 bits per heavy atom. The number of unbranched alkanes of at least 4 members (excludes halogenated alkanes) is 2. The van der Waals surface area contributed by atoms with Gasteiger partial charge in [0, 0.05) is 29.2 Å². The Bertz CT molecular complexity index is 1080. The SMILES string of the molecule is CCCCCOc1ccc(N2C(=O)C[C@H](Sc3cccc(NC(=O)/C=C/C(=O)O)c3)C2=O)cc1. The van der Waals surface area contributed by atoms with Gasteiger partial charge in [-0.15, -0.1) is 11.8 Å². The number of amides is 3. The first-order chi connectivity index (χ1) is 16.4. The summed E-state index contributed by atoms with van der Waals surface area (Å²) in [6, 6.07) is 13.7. The summed E-state index contributed by atoms with van der Waals surface area (Å²) in [4.78, 5) is 49.8. The van der Waals surface area contributed by atoms with Gasteiger partial charge in [0.25, 0.3) is 0 Å². The van der Waals surface area contributed by atoms with Crippen molar-refractivity contribution in [1.29, 1.82) is 0 Å². The molecule has 8 nitrogen and oxygen atoms in total. The second kappa shape index (κ2) is 12.0. The van der Waals surface area contributed by atoms with Gasteiger partial charge in [0.2, 0.25) is 17.7 Å². The number of carboxylic acids is 1. The Balaban J connectivity index is 1.61. The lowest BCUT2D eigenvalue weighted by molar-refractivity contribution is -0.131. The molecule has 9 heteroatoms. The predicted molar refractivity (Wildman–Crippen MR) is 130 cm³/mol. The Morgan fingerprint density at radius 1 is 1.15 bits per heavy atom. The third-order valence-corrected chi connectivity index (χ3v) is 6.15. The molecule has 1 aliphatic rings. The maximum Gasteiger partial charge on any atom is 0.328 e. The second-order valence-electron chi connectivity index (χ2n) is 7.62. The van der Waals surface area contributed by atoms with Crippen molar-refractivity contribution in [3.05, 3.63) is 60.7 Å². The molecule has 0 unspecified atom stereocenters. The number of rotatable bonds is 11. The Hall–Kier alpha value is -3.59. The molecule has 1 fully saturated rings. The highest BCUT2D eigenvalue weighted by Gasteiger charge is 2.40. The lowest BCUT2D eigenvalue weighted by atomic mass is 10.2. The van der Waals surface area contributed by atoms with E-state index in [-0.39, 0.29) is 18.2 Å². The van der Waals surface area contributed by atoms with Crippen molar-refractivity contribution in [1.82, 2.24) is 0 Å². The molecule has 2 N–H and O–H groups in total. The van der Waals surface area contributed by atoms with Crippen LogP contribution in [-0.2, 0) is 19.2 Å². The summed E-state index contributed by atoms with van der Waals surface area (Å²) in [6.45, 7) is 2.75. The fourth-order valence-corrected chi connectivity index (χ4v) is 4.46. The van der Waals surface area contributed by atoms with Crippen molar-refractivity contribution >= 4 is 46.8 Å². The number of nitrogens with zero attached hydrogens (tertiary/aromatic N) is 1. The normalized spacial score (nSPS) is 15.7. The summed E-state index contributed by atoms with van der Waals surface area (Å²) in [6.07, 6.45) is 4.92. The smallest absolute Gasteiger partial charge is 0.328 e. The van der Waals surface area contributed by atoms with Crippen LogP contribution in [0.2, 0.25) is 0 Å². The van der Waals surface area contributed by atoms with Crippen LogP contribution in [0.15, 0.2) is 65.6 Å². The zero-order chi connectivity index (χ0) is 24.5. The summed E-state index contributed by atoms with van der Waals surface area (Å²) >= 11 is 1.24. The third-order valence-electron chi connectivity index (χ3n) is 4.97. The maximum absolute atomic E-state index is 13.0. The molecule has 1 saturated heterocycles. The van der Waals surface area contributed by atoms with Crippen LogP contribution >= 0.6 is 11.8 Å². The minimum Gasteiger partial charge on any atom is -0.494 e. The molecule has 0 saturated carbocycles. The average molecular weight is 483 g/mol. The van der Waals surface area contributed by atoms with Gasteiger partial charge in [0.15, 0.2) is 0 Å². The van der Waals surface area contributed by atoms with E-state index >= 15 is 0 Å². The van der Waals surface area contributed by atoms with E-state index in [2.05, 4.69) is 12.2 Å². The molecular formula is C25H26N2O6S. The van der Waals surface area contributed by atoms with Crippen molar-refractivity contribution in [3.63, 3.8) is 0 Å². The van der Waals surface area contributed by atoms with E-state index in [0.29, 0.717) is 28.6 Å². The zero-order valence-electron chi connectivity index (χ0n) is 18.7. The van der Waals surface area contributed by atoms with Crippen molar-refractivity contribution < 1.29 is 29.0 Å². The lowest BCUT2D eigenvalue weighted by Crippen LogP contribution is -2.31. The Labute approximate surface area is 202 Å². The molecular weight excluding hydrogens is 456 g/mol. The van der Waals surface area contributed by atoms with Gasteiger partial charge in [-0.25, -0.2) is 9.69 Å². The largest absolute Gasteiger partial charge is 0.494 e. The molecule has 2 aromatic rings. The number of carbonyl (C=O) groups excluding carboxylic acids is 3. The van der Waals surface area contributed by atoms with Gasteiger partial charge in [0.05, 0.1) is 17.5 Å². The van der Waals surface area contributed by atoms with Crippen LogP contribution < -0.4 is 15.0 Å². The highest BCUT2D eigenvalue weighted by atomic mass is 32.2. The second-order valence-corrected chi connectivity index (χ2v) is 8.89. The summed E-state index contributed by atoms with van der Waals surface area (Å²) in [7, 11) is 0. The molecule has 0 aliphatic carbocycles. The van der Waals surface area contributed by atoms with Gasteiger partial charge in [-0.1, -0.05) is 25.8 Å². The molecule has 1 heterocycles. The zero-order valence-corrected chi connectivity index (χ0v) is 19.5. The van der Waals surface area contributed by atoms with E-state index in [4.69, 9.17) is 9.84 Å². The lowest BCUT2D eigenvalue weighted by Gasteiger charge is -2.16. The number of aliphatic carboxylic acids is 1. The van der Waals surface area contributed by atoms with Crippen molar-refractivity contribution in [3.8, 4) is 5.75 Å². The fraction of sp³-hybridized carbons (Fsp3) is 0.280. The number of anilines is 2. The van der Waals surface area contributed by atoms with Crippen LogP contribution in [0.4, 0.5) is 11.4 Å². The molecule has 1 atom stereocenters. The Kier molecular flexibility index (Phi) is 8.86. The van der Waals surface area contributed by atoms with E-state index in [9.17, 15) is 19.2 Å². The molecule has 0 bridgehead atoms. The van der Waals surface area contributed by atoms with Crippen LogP contribution in [0.25, 0.3) is 0 Å². The minimum absolute atomic E-state index is 0.0662. The number of imide groups is 1. The standard InChI is InChI=1S/C25H26N2O6S/c1-2-3-4-14-33-19-10-8-18(9-11-19)27-23(29)16-21(25(27)32)34-20-7-5-6-17(15-20)26-22(28)12-13-24(30)31/h5-13,15,21H,2-4,14,16H2,1H3,(H,26,28)(H,30,31)/b13-12+/t21-/m0/s1. The van der Waals surface area contributed by atoms with E-state index in [1.54, 1.807) is 48.5 Å². The number of hydrogen-bond donors (Lipinski definition) is 2. The molecule has 3 rings (SSSR count). The quantitative estimate of drug-likeness (QED) is 0.279. The third kappa shape index (κ3) is 6.95. The minimum atomic E-state index is -1.22. The number of benzene rings is 2. The van der Waals surface area contributed by atoms with Crippen molar-refractivity contribution in [2.75, 3.05) is 16.8 Å². The number of ether oxygens (including phenoxy) is 1. The van der Waals surface area contributed by atoms with E-state index in [1.807, 2.05) is 0 Å². The van der Waals surface area contributed by atoms with Gasteiger partial charge < -0.3 is 15.2 Å². The summed E-state index contributed by atoms with van der Waals surface area (Å²) in [5, 5.41) is 10.6. The molecule has 1 aliphatic heterocycles. The monoisotopic (exact) mass is 482 g/mol. The number of carbonyl (C=O) groups is 4. The molecule has 2 aromatic carbocycles. The van der Waals surface area contributed by atoms with Crippen LogP contribution in [0, 0.1) is 0 Å². The molecule has 0 spiro atoms. The van der Waals surface area contributed by atoms with Gasteiger partial charge in [-0.2, -0.15) is 0 Å². The first-order valence-corrected chi connectivity index (χ1v) is 11.8. The summed E-state index contributed by atoms with van der Waals surface area (Å²) in [5.41, 5.74) is 0.957. The summed E-state index contributed by atoms with van der Waals surface area (Å²) in [5.74, 6) is -1.68. The van der Waals surface area contributed by atoms with Gasteiger partial charge in [-0.3, -0.25) is 14.4 Å². The predicted octanol–water partition coefficient (Wildman–Crippen LogP) is 4.26. The first kappa shape index (κ1) is 25.0. The van der Waals surface area contributed by atoms with Gasteiger partial charge in [-0.05, 0) is 48.9 Å². The summed E-state index contributed by atoms with van der Waals surface area (Å²) < 4.78 is 5.69. The van der Waals surface area contributed by atoms with Crippen LogP contribution in [-0.4, -0.2) is 40.7 Å². The maximum atomic E-state index is 13.0. The highest BCUT2D eigenvalue weighted by molar-refractivity contribution is 8.00. The number of thioether (sulfide) groups is 1. The molecule has 34 heavy (non-hydrogen) atoms. The van der Waals surface area contributed by atoms with Crippen LogP contribution in [0.1, 0.15) is 32.6 Å². The number of carboxylic acid groups (broad SMARTS) is 1. The van der Waals surface area contributed by atoms with E-state index in [0.717, 1.165) is 31.4 Å². The van der Waals surface area contributed by atoms with Crippen LogP contribution in [0.3, 0.4) is 0 Å². The number of hydrogen-bond acceptors (Lipinski definition) is 6. The first-order valence-electron chi connectivity index (χ1n) is 11.0. The van der Waals surface area contributed by atoms with E-state index in [1.165, 1.54) is 16.7 Å². The molecule has 0 aromatic heterocycles. The molecule has 3 amide bonds. The van der Waals surface area contributed by atoms with Gasteiger partial charge in [0.1, 0.15) is 5.75 Å². The Morgan fingerprint density at radius 2 is 1.91 bits per heavy atom.